The molecule has 7 nitrogen and oxygen atoms in total. The van der Waals surface area contributed by atoms with Crippen molar-refractivity contribution in [2.45, 2.75) is 63.1 Å². The summed E-state index contributed by atoms with van der Waals surface area (Å²) in [4.78, 5) is 21.4. The lowest BCUT2D eigenvalue weighted by molar-refractivity contribution is -0.146. The van der Waals surface area contributed by atoms with Gasteiger partial charge in [0.1, 0.15) is 16.4 Å². The molecule has 0 aliphatic heterocycles. The molecule has 4 unspecified atom stereocenters. The fourth-order valence-corrected chi connectivity index (χ4v) is 6.92. The van der Waals surface area contributed by atoms with E-state index in [2.05, 4.69) is 33.8 Å². The second-order valence-corrected chi connectivity index (χ2v) is 10.4. The zero-order valence-corrected chi connectivity index (χ0v) is 20.2. The lowest BCUT2D eigenvalue weighted by atomic mass is 9.52. The molecule has 34 heavy (non-hydrogen) atoms. The molecule has 1 saturated carbocycles. The summed E-state index contributed by atoms with van der Waals surface area (Å²) >= 11 is 1.40. The first-order valence-electron chi connectivity index (χ1n) is 11.8. The molecule has 0 radical (unpaired) electrons. The van der Waals surface area contributed by atoms with E-state index in [1.54, 1.807) is 18.5 Å². The number of anilines is 1. The minimum Gasteiger partial charge on any atom is -0.390 e. The molecule has 2 aliphatic carbocycles. The number of rotatable bonds is 5. The third kappa shape index (κ3) is 3.61. The maximum absolute atomic E-state index is 12.9. The van der Waals surface area contributed by atoms with Crippen LogP contribution in [-0.4, -0.2) is 32.2 Å². The topological polar surface area (TPSA) is 107 Å². The number of hydrogen-bond donors (Lipinski definition) is 4. The van der Waals surface area contributed by atoms with Crippen LogP contribution in [0, 0.1) is 12.8 Å². The van der Waals surface area contributed by atoms with Crippen LogP contribution in [0.2, 0.25) is 0 Å². The first kappa shape index (κ1) is 23.0. The Bertz CT molecular complexity index is 1190. The van der Waals surface area contributed by atoms with E-state index >= 15 is 0 Å². The summed E-state index contributed by atoms with van der Waals surface area (Å²) in [6.45, 7) is 4.17. The Balaban J connectivity index is 1.44. The number of aliphatic hydroxyl groups is 2. The molecule has 2 heterocycles. The van der Waals surface area contributed by atoms with Crippen molar-refractivity contribution in [1.82, 2.24) is 15.4 Å². The van der Waals surface area contributed by atoms with Crippen molar-refractivity contribution < 1.29 is 15.0 Å². The van der Waals surface area contributed by atoms with Gasteiger partial charge in [0.25, 0.3) is 5.91 Å². The molecule has 178 valence electrons. The summed E-state index contributed by atoms with van der Waals surface area (Å²) < 4.78 is 0. The largest absolute Gasteiger partial charge is 0.390 e. The van der Waals surface area contributed by atoms with E-state index in [1.807, 2.05) is 30.5 Å². The number of aromatic nitrogens is 2. The highest BCUT2D eigenvalue weighted by atomic mass is 32.1. The molecule has 5 rings (SSSR count). The van der Waals surface area contributed by atoms with Gasteiger partial charge >= 0.3 is 0 Å². The summed E-state index contributed by atoms with van der Waals surface area (Å²) in [6.07, 6.45) is 6.02. The van der Waals surface area contributed by atoms with Gasteiger partial charge in [-0.3, -0.25) is 15.6 Å². The number of hydrazine groups is 1. The summed E-state index contributed by atoms with van der Waals surface area (Å²) in [5.41, 5.74) is 8.07. The highest BCUT2D eigenvalue weighted by molar-refractivity contribution is 7.09. The van der Waals surface area contributed by atoms with Crippen LogP contribution in [0.15, 0.2) is 48.1 Å². The van der Waals surface area contributed by atoms with Crippen molar-refractivity contribution in [2.24, 2.45) is 5.92 Å². The quantitative estimate of drug-likeness (QED) is 0.415. The predicted molar refractivity (Wildman–Crippen MR) is 132 cm³/mol. The van der Waals surface area contributed by atoms with Crippen molar-refractivity contribution in [1.29, 1.82) is 0 Å². The monoisotopic (exact) mass is 478 g/mol. The Hall–Kier alpha value is -2.81. The number of thiazole rings is 1. The highest BCUT2D eigenvalue weighted by Crippen LogP contribution is 2.57. The van der Waals surface area contributed by atoms with Gasteiger partial charge in [-0.2, -0.15) is 0 Å². The van der Waals surface area contributed by atoms with Gasteiger partial charge in [-0.25, -0.2) is 9.97 Å². The molecule has 0 bridgehead atoms. The number of pyridine rings is 1. The first-order valence-corrected chi connectivity index (χ1v) is 12.7. The maximum atomic E-state index is 12.9. The van der Waals surface area contributed by atoms with Crippen LogP contribution in [0.25, 0.3) is 0 Å². The Morgan fingerprint density at radius 1 is 1.21 bits per heavy atom. The summed E-state index contributed by atoms with van der Waals surface area (Å²) in [7, 11) is 0. The molecule has 4 N–H and O–H groups in total. The standard InChI is InChI=1S/C26H30N4O3S/c1-3-25-15-21(31)26(33,24-28-12-13-34-24)14-17(25)7-8-18-16(2)19(9-10-20(18)25)23(32)30-29-22-6-4-5-11-27-22/h4-6,9-13,17,21,31,33H,3,7-8,14-15H2,1-2H3,(H,27,29)(H,30,32). The number of amides is 1. The average molecular weight is 479 g/mol. The second kappa shape index (κ2) is 8.76. The zero-order chi connectivity index (χ0) is 23.9. The fourth-order valence-electron chi connectivity index (χ4n) is 6.12. The summed E-state index contributed by atoms with van der Waals surface area (Å²) in [6, 6.07) is 9.40. The third-order valence-corrected chi connectivity index (χ3v) is 8.91. The lowest BCUT2D eigenvalue weighted by Crippen LogP contribution is -2.56. The lowest BCUT2D eigenvalue weighted by Gasteiger charge is -2.54. The van der Waals surface area contributed by atoms with Crippen molar-refractivity contribution >= 4 is 23.1 Å². The number of nitrogens with one attached hydrogen (secondary N) is 2. The number of nitrogens with zero attached hydrogens (tertiary/aromatic N) is 2. The highest BCUT2D eigenvalue weighted by Gasteiger charge is 2.56. The SMILES string of the molecule is CCC12CC(O)C(O)(c3nccs3)CC1CCc1c2ccc(C(=O)NNc2ccccn2)c1C. The van der Waals surface area contributed by atoms with Crippen molar-refractivity contribution in [3.05, 3.63) is 75.4 Å². The number of benzene rings is 1. The van der Waals surface area contributed by atoms with Gasteiger partial charge in [0.05, 0.1) is 6.10 Å². The van der Waals surface area contributed by atoms with E-state index in [9.17, 15) is 15.0 Å². The van der Waals surface area contributed by atoms with Crippen molar-refractivity contribution in [3.63, 3.8) is 0 Å². The van der Waals surface area contributed by atoms with Crippen LogP contribution in [0.3, 0.4) is 0 Å². The van der Waals surface area contributed by atoms with E-state index in [4.69, 9.17) is 0 Å². The first-order chi connectivity index (χ1) is 16.4. The van der Waals surface area contributed by atoms with E-state index in [1.165, 1.54) is 22.5 Å². The van der Waals surface area contributed by atoms with E-state index in [-0.39, 0.29) is 17.2 Å². The van der Waals surface area contributed by atoms with Crippen LogP contribution in [0.4, 0.5) is 5.82 Å². The van der Waals surface area contributed by atoms with Crippen molar-refractivity contribution in [3.8, 4) is 0 Å². The molecule has 2 aliphatic rings. The molecule has 1 fully saturated rings. The minimum atomic E-state index is -1.30. The Morgan fingerprint density at radius 2 is 2.06 bits per heavy atom. The van der Waals surface area contributed by atoms with E-state index in [0.29, 0.717) is 29.2 Å². The number of fused-ring (bicyclic) bond motifs is 3. The Kier molecular flexibility index (Phi) is 5.91. The summed E-state index contributed by atoms with van der Waals surface area (Å²) in [5.74, 6) is 0.593. The van der Waals surface area contributed by atoms with Gasteiger partial charge in [0.2, 0.25) is 0 Å². The molecular weight excluding hydrogens is 448 g/mol. The molecule has 1 amide bonds. The molecule has 1 aromatic carbocycles. The number of carbonyl (C=O) groups excluding carboxylic acids is 1. The Labute approximate surface area is 203 Å². The van der Waals surface area contributed by atoms with Gasteiger partial charge in [-0.1, -0.05) is 19.1 Å². The average Bonchev–Trinajstić information content (AvgIpc) is 3.40. The van der Waals surface area contributed by atoms with Gasteiger partial charge in [-0.15, -0.1) is 11.3 Å². The van der Waals surface area contributed by atoms with Gasteiger partial charge in [-0.05, 0) is 79.8 Å². The maximum Gasteiger partial charge on any atom is 0.269 e. The Morgan fingerprint density at radius 3 is 2.76 bits per heavy atom. The van der Waals surface area contributed by atoms with E-state index < -0.39 is 11.7 Å². The summed E-state index contributed by atoms with van der Waals surface area (Å²) in [5, 5.41) is 25.1. The van der Waals surface area contributed by atoms with Crippen LogP contribution >= 0.6 is 11.3 Å². The molecule has 4 atom stereocenters. The molecule has 8 heteroatoms. The smallest absolute Gasteiger partial charge is 0.269 e. The number of carbonyl (C=O) groups is 1. The van der Waals surface area contributed by atoms with Gasteiger partial charge in [0, 0.05) is 28.8 Å². The minimum absolute atomic E-state index is 0.208. The second-order valence-electron chi connectivity index (χ2n) is 9.49. The number of aliphatic hydroxyl groups excluding tert-OH is 1. The van der Waals surface area contributed by atoms with Crippen LogP contribution in [-0.2, 0) is 17.4 Å². The van der Waals surface area contributed by atoms with Gasteiger partial charge in [0.15, 0.2) is 0 Å². The molecule has 0 saturated heterocycles. The fraction of sp³-hybridized carbons (Fsp3) is 0.423. The molecule has 0 spiro atoms. The van der Waals surface area contributed by atoms with Crippen molar-refractivity contribution in [2.75, 3.05) is 5.43 Å². The predicted octanol–water partition coefficient (Wildman–Crippen LogP) is 3.86. The zero-order valence-electron chi connectivity index (χ0n) is 19.4. The molecule has 3 aromatic rings. The normalized spacial score (nSPS) is 28.0. The third-order valence-electron chi connectivity index (χ3n) is 7.97. The van der Waals surface area contributed by atoms with Gasteiger partial charge < -0.3 is 10.2 Å². The molecular formula is C26H30N4O3S. The number of hydrogen-bond acceptors (Lipinski definition) is 7. The van der Waals surface area contributed by atoms with E-state index in [0.717, 1.165) is 24.8 Å². The van der Waals surface area contributed by atoms with Crippen LogP contribution in [0.5, 0.6) is 0 Å². The van der Waals surface area contributed by atoms with Crippen LogP contribution < -0.4 is 10.9 Å². The van der Waals surface area contributed by atoms with Crippen LogP contribution in [0.1, 0.15) is 64.7 Å². The molecule has 2 aromatic heterocycles.